The van der Waals surface area contributed by atoms with Crippen molar-refractivity contribution in [2.24, 2.45) is 0 Å². The monoisotopic (exact) mass is 289 g/mol. The van der Waals surface area contributed by atoms with Crippen molar-refractivity contribution in [3.05, 3.63) is 51.9 Å². The summed E-state index contributed by atoms with van der Waals surface area (Å²) in [6.45, 7) is 3.68. The molecule has 5 heteroatoms. The molecule has 0 aliphatic heterocycles. The van der Waals surface area contributed by atoms with Crippen molar-refractivity contribution in [3.63, 3.8) is 0 Å². The summed E-state index contributed by atoms with van der Waals surface area (Å²) in [6, 6.07) is 9.75. The third kappa shape index (κ3) is 2.88. The number of anilines is 1. The van der Waals surface area contributed by atoms with Crippen molar-refractivity contribution in [2.45, 2.75) is 20.4 Å². The van der Waals surface area contributed by atoms with E-state index >= 15 is 0 Å². The first-order chi connectivity index (χ1) is 9.50. The van der Waals surface area contributed by atoms with Crippen molar-refractivity contribution in [2.75, 3.05) is 5.32 Å². The number of hydrogen-bond acceptors (Lipinski definition) is 4. The summed E-state index contributed by atoms with van der Waals surface area (Å²) in [5.41, 5.74) is 2.08. The fraction of sp³-hybridized carbons (Fsp3) is 0.200. The lowest BCUT2D eigenvalue weighted by atomic mass is 10.1. The number of carboxylic acid groups (broad SMARTS) is 1. The van der Waals surface area contributed by atoms with Crippen molar-refractivity contribution in [3.8, 4) is 0 Å². The predicted molar refractivity (Wildman–Crippen MR) is 79.8 cm³/mol. The number of aromatic carboxylic acids is 1. The van der Waals surface area contributed by atoms with Gasteiger partial charge < -0.3 is 10.4 Å². The molecule has 0 aliphatic carbocycles. The van der Waals surface area contributed by atoms with Crippen LogP contribution in [0.25, 0.3) is 0 Å². The minimum Gasteiger partial charge on any atom is -0.477 e. The Hall–Kier alpha value is -2.14. The molecule has 0 unspecified atom stereocenters. The topological polar surface area (TPSA) is 66.4 Å². The highest BCUT2D eigenvalue weighted by Gasteiger charge is 2.21. The van der Waals surface area contributed by atoms with Gasteiger partial charge in [0.2, 0.25) is 0 Å². The normalized spacial score (nSPS) is 10.3. The van der Waals surface area contributed by atoms with E-state index in [2.05, 4.69) is 5.32 Å². The number of carboxylic acids is 1. The van der Waals surface area contributed by atoms with Gasteiger partial charge in [-0.2, -0.15) is 0 Å². The smallest absolute Gasteiger partial charge is 0.346 e. The van der Waals surface area contributed by atoms with Crippen LogP contribution in [0.2, 0.25) is 0 Å². The fourth-order valence-electron chi connectivity index (χ4n) is 2.04. The van der Waals surface area contributed by atoms with E-state index in [-0.39, 0.29) is 10.7 Å². The van der Waals surface area contributed by atoms with E-state index < -0.39 is 5.97 Å². The fourth-order valence-corrected chi connectivity index (χ4v) is 3.13. The van der Waals surface area contributed by atoms with E-state index in [0.717, 1.165) is 16.9 Å². The number of Topliss-reactive ketones (excluding diaryl/α,β-unsaturated/α-hetero) is 1. The summed E-state index contributed by atoms with van der Waals surface area (Å²) in [5.74, 6) is -1.12. The molecule has 0 spiro atoms. The number of hydrogen-bond donors (Lipinski definition) is 2. The lowest BCUT2D eigenvalue weighted by Crippen LogP contribution is -2.03. The van der Waals surface area contributed by atoms with Crippen LogP contribution >= 0.6 is 11.3 Å². The molecule has 2 N–H and O–H groups in total. The third-order valence-electron chi connectivity index (χ3n) is 2.99. The molecular weight excluding hydrogens is 274 g/mol. The minimum absolute atomic E-state index is 0.123. The maximum absolute atomic E-state index is 11.7. The van der Waals surface area contributed by atoms with E-state index in [9.17, 15) is 9.59 Å². The molecule has 0 radical (unpaired) electrons. The number of thiophene rings is 1. The second kappa shape index (κ2) is 5.88. The Morgan fingerprint density at radius 3 is 2.45 bits per heavy atom. The summed E-state index contributed by atoms with van der Waals surface area (Å²) in [6.07, 6.45) is 0. The van der Waals surface area contributed by atoms with Gasteiger partial charge in [0.25, 0.3) is 0 Å². The first kappa shape index (κ1) is 14.3. The molecule has 1 heterocycles. The van der Waals surface area contributed by atoms with E-state index in [1.165, 1.54) is 6.92 Å². The Labute approximate surface area is 121 Å². The molecule has 104 valence electrons. The van der Waals surface area contributed by atoms with Crippen LogP contribution in [-0.4, -0.2) is 16.9 Å². The van der Waals surface area contributed by atoms with Gasteiger partial charge in [0.05, 0.1) is 5.56 Å². The van der Waals surface area contributed by atoms with Gasteiger partial charge in [0.15, 0.2) is 5.78 Å². The average molecular weight is 289 g/mol. The molecule has 0 aliphatic rings. The first-order valence-electron chi connectivity index (χ1n) is 6.16. The van der Waals surface area contributed by atoms with Gasteiger partial charge in [-0.15, -0.1) is 11.3 Å². The van der Waals surface area contributed by atoms with Gasteiger partial charge in [-0.05, 0) is 25.0 Å². The zero-order valence-corrected chi connectivity index (χ0v) is 12.1. The molecule has 0 saturated heterocycles. The number of ketones is 1. The van der Waals surface area contributed by atoms with E-state index in [0.29, 0.717) is 22.7 Å². The highest BCUT2D eigenvalue weighted by Crippen LogP contribution is 2.33. The quantitative estimate of drug-likeness (QED) is 0.826. The highest BCUT2D eigenvalue weighted by molar-refractivity contribution is 7.18. The van der Waals surface area contributed by atoms with Crippen LogP contribution in [0.4, 0.5) is 5.00 Å². The zero-order chi connectivity index (χ0) is 14.7. The van der Waals surface area contributed by atoms with Crippen LogP contribution in [0.5, 0.6) is 0 Å². The Balaban J connectivity index is 2.29. The summed E-state index contributed by atoms with van der Waals surface area (Å²) < 4.78 is 0. The maximum atomic E-state index is 11.7. The Morgan fingerprint density at radius 2 is 1.90 bits per heavy atom. The summed E-state index contributed by atoms with van der Waals surface area (Å²) in [5, 5.41) is 12.9. The number of rotatable bonds is 5. The number of carbonyl (C=O) groups excluding carboxylic acids is 1. The summed E-state index contributed by atoms with van der Waals surface area (Å²) in [7, 11) is 0. The van der Waals surface area contributed by atoms with Crippen molar-refractivity contribution in [1.29, 1.82) is 0 Å². The van der Waals surface area contributed by atoms with Gasteiger partial charge in [-0.3, -0.25) is 4.79 Å². The maximum Gasteiger partial charge on any atom is 0.346 e. The second-order valence-electron chi connectivity index (χ2n) is 4.46. The Kier molecular flexibility index (Phi) is 4.20. The van der Waals surface area contributed by atoms with Gasteiger partial charge in [0.1, 0.15) is 9.88 Å². The van der Waals surface area contributed by atoms with Crippen molar-refractivity contribution < 1.29 is 14.7 Å². The molecule has 4 nitrogen and oxygen atoms in total. The van der Waals surface area contributed by atoms with E-state index in [1.54, 1.807) is 6.92 Å². The molecule has 2 rings (SSSR count). The molecular formula is C15H15NO3S. The van der Waals surface area contributed by atoms with Crippen molar-refractivity contribution in [1.82, 2.24) is 0 Å². The zero-order valence-electron chi connectivity index (χ0n) is 11.3. The third-order valence-corrected chi connectivity index (χ3v) is 4.23. The highest BCUT2D eigenvalue weighted by atomic mass is 32.1. The van der Waals surface area contributed by atoms with Crippen LogP contribution in [0.1, 0.15) is 38.1 Å². The predicted octanol–water partition coefficient (Wildman–Crippen LogP) is 3.57. The molecule has 1 aromatic carbocycles. The molecule has 20 heavy (non-hydrogen) atoms. The number of nitrogens with one attached hydrogen (secondary N) is 1. The Bertz CT molecular complexity index is 647. The summed E-state index contributed by atoms with van der Waals surface area (Å²) in [4.78, 5) is 23.1. The van der Waals surface area contributed by atoms with Crippen LogP contribution in [0, 0.1) is 6.92 Å². The molecule has 0 bridgehead atoms. The van der Waals surface area contributed by atoms with Crippen LogP contribution in [0.15, 0.2) is 30.3 Å². The molecule has 0 fully saturated rings. The lowest BCUT2D eigenvalue weighted by molar-refractivity contribution is 0.0701. The van der Waals surface area contributed by atoms with Gasteiger partial charge >= 0.3 is 5.97 Å². The van der Waals surface area contributed by atoms with E-state index in [4.69, 9.17) is 5.11 Å². The second-order valence-corrected chi connectivity index (χ2v) is 5.48. The van der Waals surface area contributed by atoms with E-state index in [1.807, 2.05) is 30.3 Å². The van der Waals surface area contributed by atoms with Gasteiger partial charge in [0, 0.05) is 6.54 Å². The first-order valence-corrected chi connectivity index (χ1v) is 6.97. The SMILES string of the molecule is CC(=O)c1c(NCc2ccccc2)sc(C(=O)O)c1C. The molecule has 0 saturated carbocycles. The van der Waals surface area contributed by atoms with Gasteiger partial charge in [-0.25, -0.2) is 4.79 Å². The van der Waals surface area contributed by atoms with Crippen LogP contribution < -0.4 is 5.32 Å². The number of carbonyl (C=O) groups is 2. The minimum atomic E-state index is -0.997. The van der Waals surface area contributed by atoms with Crippen LogP contribution in [-0.2, 0) is 6.54 Å². The molecule has 1 aromatic heterocycles. The lowest BCUT2D eigenvalue weighted by Gasteiger charge is -2.06. The van der Waals surface area contributed by atoms with Crippen LogP contribution in [0.3, 0.4) is 0 Å². The largest absolute Gasteiger partial charge is 0.477 e. The number of benzene rings is 1. The molecule has 2 aromatic rings. The average Bonchev–Trinajstić information content (AvgIpc) is 2.75. The standard InChI is InChI=1S/C15H15NO3S/c1-9-12(10(2)17)14(20-13(9)15(18)19)16-8-11-6-4-3-5-7-11/h3-7,16H,8H2,1-2H3,(H,18,19). The Morgan fingerprint density at radius 1 is 1.25 bits per heavy atom. The summed E-state index contributed by atoms with van der Waals surface area (Å²) >= 11 is 1.11. The van der Waals surface area contributed by atoms with Crippen molar-refractivity contribution >= 4 is 28.1 Å². The molecule has 0 atom stereocenters. The molecule has 0 amide bonds. The van der Waals surface area contributed by atoms with Gasteiger partial charge in [-0.1, -0.05) is 30.3 Å².